The average Bonchev–Trinajstić information content (AvgIpc) is 3.13. The predicted octanol–water partition coefficient (Wildman–Crippen LogP) is 12.4. The highest BCUT2D eigenvalue weighted by atomic mass is 35.5. The van der Waals surface area contributed by atoms with E-state index in [1.165, 1.54) is 257 Å². The molecular weight excluding hydrogens is 658 g/mol. The summed E-state index contributed by atoms with van der Waals surface area (Å²) in [7, 11) is 0. The molecule has 0 radical (unpaired) electrons. The Bertz CT molecular complexity index is 565. The Morgan fingerprint density at radius 3 is 0.538 bits per heavy atom. The van der Waals surface area contributed by atoms with E-state index in [0.29, 0.717) is 0 Å². The highest BCUT2D eigenvalue weighted by Crippen LogP contribution is 2.19. The molecule has 316 valence electrons. The van der Waals surface area contributed by atoms with Gasteiger partial charge in [0.25, 0.3) is 0 Å². The maximum Gasteiger partial charge on any atom is 0.102 e. The van der Waals surface area contributed by atoms with E-state index in [1.54, 1.807) is 0 Å². The zero-order chi connectivity index (χ0) is 37.0. The quantitative estimate of drug-likeness (QED) is 0.0479. The van der Waals surface area contributed by atoms with Crippen LogP contribution in [0.25, 0.3) is 0 Å². The van der Waals surface area contributed by atoms with E-state index in [0.717, 1.165) is 30.7 Å². The second-order valence-electron chi connectivity index (χ2n) is 17.1. The fourth-order valence-electron chi connectivity index (χ4n) is 8.50. The normalized spacial score (nSPS) is 11.8. The number of hydrogen-bond donors (Lipinski definition) is 2. The molecule has 0 rings (SSSR count). The molecule has 0 atom stereocenters. The van der Waals surface area contributed by atoms with Crippen LogP contribution in [0.1, 0.15) is 271 Å². The molecule has 0 saturated carbocycles. The summed E-state index contributed by atoms with van der Waals surface area (Å²) in [6.07, 6.45) is 56.8. The van der Waals surface area contributed by atoms with Gasteiger partial charge in [-0.25, -0.2) is 0 Å². The van der Waals surface area contributed by atoms with Gasteiger partial charge in [0.1, 0.15) is 13.1 Å². The van der Waals surface area contributed by atoms with Gasteiger partial charge < -0.3 is 27.1 Å². The molecule has 0 aliphatic heterocycles. The van der Waals surface area contributed by atoms with Crippen LogP contribution in [-0.2, 0) is 0 Å². The zero-order valence-corrected chi connectivity index (χ0v) is 37.0. The minimum absolute atomic E-state index is 0. The second kappa shape index (κ2) is 47.3. The molecule has 4 heteroatoms. The Kier molecular flexibility index (Phi) is 49.4. The van der Waals surface area contributed by atoms with E-state index >= 15 is 0 Å². The van der Waals surface area contributed by atoms with Gasteiger partial charge in [-0.3, -0.25) is 0 Å². The van der Waals surface area contributed by atoms with Gasteiger partial charge in [-0.2, -0.15) is 0 Å². The molecule has 2 N–H and O–H groups in total. The molecule has 0 aromatic heterocycles. The molecule has 52 heavy (non-hydrogen) atoms. The summed E-state index contributed by atoms with van der Waals surface area (Å²) in [5, 5.41) is 19.7. The second-order valence-corrected chi connectivity index (χ2v) is 17.1. The lowest BCUT2D eigenvalue weighted by atomic mass is 10.0. The van der Waals surface area contributed by atoms with Crippen molar-refractivity contribution < 1.29 is 27.1 Å². The smallest absolute Gasteiger partial charge is 0.102 e. The Balaban J connectivity index is 0. The molecule has 0 bridgehead atoms. The lowest BCUT2D eigenvalue weighted by Gasteiger charge is -2.38. The van der Waals surface area contributed by atoms with Crippen LogP contribution in [0.3, 0.4) is 0 Å². The van der Waals surface area contributed by atoms with Crippen LogP contribution in [0, 0.1) is 0 Å². The topological polar surface area (TPSA) is 40.5 Å². The Hall–Kier alpha value is 0.170. The van der Waals surface area contributed by atoms with Crippen molar-refractivity contribution in [3.8, 4) is 0 Å². The van der Waals surface area contributed by atoms with Gasteiger partial charge in [0.15, 0.2) is 0 Å². The SMILES string of the molecule is CCCCCCCCCCCCCCCCCCCCCC[N+](CCO)(CCO)CCCCCCCCCCCCCCCCCCCCCC.[Cl-]. The van der Waals surface area contributed by atoms with Crippen LogP contribution in [0.4, 0.5) is 0 Å². The molecule has 0 saturated heterocycles. The maximum atomic E-state index is 9.86. The van der Waals surface area contributed by atoms with Gasteiger partial charge >= 0.3 is 0 Å². The summed E-state index contributed by atoms with van der Waals surface area (Å²) in [5.74, 6) is 0. The van der Waals surface area contributed by atoms with Crippen molar-refractivity contribution in [1.82, 2.24) is 0 Å². The molecule has 3 nitrogen and oxygen atoms in total. The van der Waals surface area contributed by atoms with Gasteiger partial charge in [-0.1, -0.05) is 245 Å². The highest BCUT2D eigenvalue weighted by Gasteiger charge is 2.25. The van der Waals surface area contributed by atoms with Crippen molar-refractivity contribution in [2.75, 3.05) is 39.4 Å². The number of hydrogen-bond acceptors (Lipinski definition) is 2. The van der Waals surface area contributed by atoms with Gasteiger partial charge in [0, 0.05) is 0 Å². The highest BCUT2D eigenvalue weighted by molar-refractivity contribution is 4.55. The first-order valence-corrected chi connectivity index (χ1v) is 24.3. The first-order valence-electron chi connectivity index (χ1n) is 24.3. The molecule has 0 heterocycles. The summed E-state index contributed by atoms with van der Waals surface area (Å²) >= 11 is 0. The van der Waals surface area contributed by atoms with E-state index in [2.05, 4.69) is 13.8 Å². The van der Waals surface area contributed by atoms with Crippen LogP contribution >= 0.6 is 0 Å². The number of nitrogens with zero attached hydrogens (tertiary/aromatic N) is 1. The fraction of sp³-hybridized carbons (Fsp3) is 1.00. The summed E-state index contributed by atoms with van der Waals surface area (Å²) in [4.78, 5) is 0. The van der Waals surface area contributed by atoms with Crippen molar-refractivity contribution in [2.24, 2.45) is 0 Å². The third-order valence-electron chi connectivity index (χ3n) is 12.1. The minimum atomic E-state index is 0. The monoisotopic (exact) mass is 758 g/mol. The largest absolute Gasteiger partial charge is 1.00 e. The first-order chi connectivity index (χ1) is 25.2. The van der Waals surface area contributed by atoms with Crippen LogP contribution in [0.5, 0.6) is 0 Å². The molecule has 0 amide bonds. The number of unbranched alkanes of at least 4 members (excludes halogenated alkanes) is 38. The molecule has 0 aliphatic rings. The summed E-state index contributed by atoms with van der Waals surface area (Å²) in [6, 6.07) is 0. The molecule has 0 fully saturated rings. The van der Waals surface area contributed by atoms with Crippen molar-refractivity contribution >= 4 is 0 Å². The first kappa shape index (κ1) is 54.3. The number of quaternary nitrogens is 1. The summed E-state index contributed by atoms with van der Waals surface area (Å²) in [5.41, 5.74) is 0. The van der Waals surface area contributed by atoms with Crippen molar-refractivity contribution in [2.45, 2.75) is 271 Å². The standard InChI is InChI=1S/C48H100NO2.ClH/c1-3-5-7-9-11-13-15-17-19-21-23-25-27-29-31-33-35-37-39-41-43-49(45-47-50,46-48-51)44-42-40-38-36-34-32-30-28-26-24-22-20-18-16-14-12-10-8-6-4-2;/h50-51H,3-48H2,1-2H3;1H/q+1;/p-1. The van der Waals surface area contributed by atoms with Gasteiger partial charge in [-0.05, 0) is 25.7 Å². The predicted molar refractivity (Wildman–Crippen MR) is 230 cm³/mol. The number of rotatable bonds is 46. The van der Waals surface area contributed by atoms with Crippen LogP contribution in [0.15, 0.2) is 0 Å². The van der Waals surface area contributed by atoms with E-state index < -0.39 is 0 Å². The fourth-order valence-corrected chi connectivity index (χ4v) is 8.50. The van der Waals surface area contributed by atoms with Crippen LogP contribution in [0.2, 0.25) is 0 Å². The van der Waals surface area contributed by atoms with Gasteiger partial charge in [0.05, 0.1) is 26.3 Å². The van der Waals surface area contributed by atoms with Crippen LogP contribution in [-0.4, -0.2) is 54.1 Å². The van der Waals surface area contributed by atoms with E-state index in [-0.39, 0.29) is 25.6 Å². The Labute approximate surface area is 336 Å². The molecule has 0 aromatic carbocycles. The van der Waals surface area contributed by atoms with Crippen molar-refractivity contribution in [3.63, 3.8) is 0 Å². The molecule has 0 unspecified atom stereocenters. The summed E-state index contributed by atoms with van der Waals surface area (Å²) in [6.45, 7) is 9.01. The molecular formula is C48H100ClNO2. The zero-order valence-electron chi connectivity index (χ0n) is 36.2. The van der Waals surface area contributed by atoms with Gasteiger partial charge in [-0.15, -0.1) is 0 Å². The minimum Gasteiger partial charge on any atom is -1.00 e. The van der Waals surface area contributed by atoms with Gasteiger partial charge in [0.2, 0.25) is 0 Å². The van der Waals surface area contributed by atoms with Crippen molar-refractivity contribution in [1.29, 1.82) is 0 Å². The Morgan fingerprint density at radius 1 is 0.231 bits per heavy atom. The molecule has 0 spiro atoms. The maximum absolute atomic E-state index is 9.86. The molecule has 0 aliphatic carbocycles. The summed E-state index contributed by atoms with van der Waals surface area (Å²) < 4.78 is 0.936. The average molecular weight is 759 g/mol. The third kappa shape index (κ3) is 41.3. The van der Waals surface area contributed by atoms with E-state index in [4.69, 9.17) is 0 Å². The number of aliphatic hydroxyl groups is 2. The van der Waals surface area contributed by atoms with Crippen LogP contribution < -0.4 is 12.4 Å². The Morgan fingerprint density at radius 2 is 0.385 bits per heavy atom. The van der Waals surface area contributed by atoms with Crippen molar-refractivity contribution in [3.05, 3.63) is 0 Å². The lowest BCUT2D eigenvalue weighted by molar-refractivity contribution is -0.929. The van der Waals surface area contributed by atoms with E-state index in [9.17, 15) is 10.2 Å². The number of aliphatic hydroxyl groups excluding tert-OH is 2. The lowest BCUT2D eigenvalue weighted by Crippen LogP contribution is -3.00. The molecule has 0 aromatic rings. The number of halogens is 1. The van der Waals surface area contributed by atoms with E-state index in [1.807, 2.05) is 0 Å². The third-order valence-corrected chi connectivity index (χ3v) is 12.1.